The van der Waals surface area contributed by atoms with E-state index in [0.717, 1.165) is 0 Å². The molecule has 0 aromatic carbocycles. The molecule has 20 nitrogen and oxygen atoms in total. The molecule has 0 bridgehead atoms. The molecule has 2 fully saturated rings. The first-order chi connectivity index (χ1) is 13.8. The molecule has 0 amide bonds. The zero-order valence-electron chi connectivity index (χ0n) is 17.9. The topological polar surface area (TPSA) is 390 Å². The number of ether oxygens (including phenoxy) is 4. The van der Waals surface area contributed by atoms with Gasteiger partial charge in [0.05, 0.1) is 18.8 Å². The molecule has 4 atom stereocenters. The van der Waals surface area contributed by atoms with Gasteiger partial charge in [-0.15, -0.1) is 0 Å². The third-order valence-electron chi connectivity index (χ3n) is 3.72. The minimum absolute atomic E-state index is 0. The van der Waals surface area contributed by atoms with Crippen LogP contribution in [0.3, 0.4) is 0 Å². The summed E-state index contributed by atoms with van der Waals surface area (Å²) in [5.74, 6) is -8.91. The first-order valence-corrected chi connectivity index (χ1v) is 7.66. The van der Waals surface area contributed by atoms with Gasteiger partial charge in [-0.25, -0.2) is 14.4 Å². The Bertz CT molecular complexity index is 697. The summed E-state index contributed by atoms with van der Waals surface area (Å²) in [6.45, 7) is -1.45. The van der Waals surface area contributed by atoms with Crippen LogP contribution in [0.5, 0.6) is 0 Å². The van der Waals surface area contributed by atoms with Gasteiger partial charge in [-0.05, 0) is 0 Å². The van der Waals surface area contributed by atoms with Crippen molar-refractivity contribution in [3.8, 4) is 0 Å². The Morgan fingerprint density at radius 2 is 1.03 bits per heavy atom. The monoisotopic (exact) mass is 689 g/mol. The zero-order chi connectivity index (χ0) is 23.3. The van der Waals surface area contributed by atoms with E-state index in [1.807, 2.05) is 0 Å². The average Bonchev–Trinajstić information content (AvgIpc) is 2.87. The number of esters is 4. The molecule has 0 saturated carbocycles. The van der Waals surface area contributed by atoms with Crippen molar-refractivity contribution in [1.82, 2.24) is 0 Å². The van der Waals surface area contributed by atoms with E-state index in [1.165, 1.54) is 0 Å². The summed E-state index contributed by atoms with van der Waals surface area (Å²) in [6.07, 6.45) is -6.99. The van der Waals surface area contributed by atoms with Crippen molar-refractivity contribution in [2.75, 3.05) is 13.6 Å². The Morgan fingerprint density at radius 1 is 0.722 bits per heavy atom. The molecule has 0 aromatic rings. The molecule has 0 spiro atoms. The zero-order valence-corrected chi connectivity index (χ0v) is 23.5. The Labute approximate surface area is 249 Å². The van der Waals surface area contributed by atoms with Gasteiger partial charge >= 0.3 is 29.8 Å². The number of hydrogen-bond donors (Lipinski definition) is 5. The smallest absolute Gasteiger partial charge is 0.345 e. The summed E-state index contributed by atoms with van der Waals surface area (Å²) in [7, 11) is 0. The molecular formula is C14H23O20Y2-. The summed E-state index contributed by atoms with van der Waals surface area (Å²) in [6, 6.07) is 0. The standard InChI is InChI=1S/2C7H8O8.4H2O.2Y/c2*8-3-1-7(13,4(9)5(10)11)6(12)15-2-14-3;;;;;;/h2*4,9,13H,1-2H2,(H,10,11);4*1H2;;/p-1. The van der Waals surface area contributed by atoms with Crippen LogP contribution in [0.2, 0.25) is 0 Å². The third kappa shape index (κ3) is 11.8. The predicted octanol–water partition coefficient (Wildman–Crippen LogP) is -9.42. The Kier molecular flexibility index (Phi) is 26.3. The van der Waals surface area contributed by atoms with Gasteiger partial charge in [0, 0.05) is 65.4 Å². The summed E-state index contributed by atoms with van der Waals surface area (Å²) in [5, 5.41) is 55.8. The van der Waals surface area contributed by atoms with E-state index in [1.54, 1.807) is 0 Å². The molecule has 2 saturated heterocycles. The Balaban J connectivity index is -0.000000107. The molecule has 2 aliphatic rings. The number of carbonyl (C=O) groups is 6. The van der Waals surface area contributed by atoms with E-state index in [-0.39, 0.29) is 87.3 Å². The van der Waals surface area contributed by atoms with Crippen molar-refractivity contribution < 1.29 is 166 Å². The second-order valence-electron chi connectivity index (χ2n) is 5.80. The second-order valence-corrected chi connectivity index (χ2v) is 5.80. The minimum atomic E-state index is -2.87. The van der Waals surface area contributed by atoms with Crippen molar-refractivity contribution in [3.63, 3.8) is 0 Å². The van der Waals surface area contributed by atoms with Gasteiger partial charge in [0.25, 0.3) is 0 Å². The largest absolute Gasteiger partial charge is 0.547 e. The summed E-state index contributed by atoms with van der Waals surface area (Å²) < 4.78 is 16.9. The van der Waals surface area contributed by atoms with E-state index in [2.05, 4.69) is 18.9 Å². The van der Waals surface area contributed by atoms with E-state index in [9.17, 15) is 44.1 Å². The van der Waals surface area contributed by atoms with Gasteiger partial charge in [-0.2, -0.15) is 0 Å². The number of aliphatic hydroxyl groups is 4. The van der Waals surface area contributed by atoms with Crippen molar-refractivity contribution in [3.05, 3.63) is 0 Å². The number of cyclic esters (lactones) is 4. The predicted molar refractivity (Wildman–Crippen MR) is 92.3 cm³/mol. The van der Waals surface area contributed by atoms with E-state index >= 15 is 0 Å². The molecule has 13 N–H and O–H groups in total. The molecule has 0 aromatic heterocycles. The van der Waals surface area contributed by atoms with Gasteiger partial charge in [-0.1, -0.05) is 0 Å². The third-order valence-corrected chi connectivity index (χ3v) is 3.72. The fourth-order valence-electron chi connectivity index (χ4n) is 2.05. The molecule has 2 heterocycles. The van der Waals surface area contributed by atoms with Gasteiger partial charge in [0.15, 0.2) is 6.10 Å². The number of carboxylic acid groups (broad SMARTS) is 2. The number of aliphatic carboxylic acids is 2. The van der Waals surface area contributed by atoms with Crippen LogP contribution < -0.4 is 5.11 Å². The van der Waals surface area contributed by atoms with Crippen molar-refractivity contribution in [2.45, 2.75) is 36.3 Å². The molecule has 2 rings (SSSR count). The normalized spacial score (nSPS) is 23.9. The quantitative estimate of drug-likeness (QED) is 0.171. The van der Waals surface area contributed by atoms with E-state index in [0.29, 0.717) is 0 Å². The van der Waals surface area contributed by atoms with Gasteiger partial charge in [0.1, 0.15) is 6.10 Å². The van der Waals surface area contributed by atoms with Crippen LogP contribution in [0.15, 0.2) is 0 Å². The molecule has 4 unspecified atom stereocenters. The van der Waals surface area contributed by atoms with Crippen molar-refractivity contribution >= 4 is 35.8 Å². The van der Waals surface area contributed by atoms with Gasteiger partial charge < -0.3 is 76.3 Å². The average molecular weight is 689 g/mol. The number of rotatable bonds is 4. The maximum Gasteiger partial charge on any atom is 0.345 e. The van der Waals surface area contributed by atoms with Gasteiger partial charge in [-0.3, -0.25) is 9.59 Å². The fourth-order valence-corrected chi connectivity index (χ4v) is 2.05. The number of carbonyl (C=O) groups excluding carboxylic acids is 5. The van der Waals surface area contributed by atoms with Crippen LogP contribution in [0.25, 0.3) is 0 Å². The maximum absolute atomic E-state index is 11.1. The summed E-state index contributed by atoms with van der Waals surface area (Å²) >= 11 is 0. The molecular weight excluding hydrogens is 666 g/mol. The van der Waals surface area contributed by atoms with Crippen LogP contribution in [0, 0.1) is 0 Å². The molecule has 22 heteroatoms. The Hall–Kier alpha value is -1.29. The molecule has 206 valence electrons. The number of hydrogen-bond acceptors (Lipinski definition) is 15. The van der Waals surface area contributed by atoms with E-state index in [4.69, 9.17) is 15.3 Å². The molecule has 36 heavy (non-hydrogen) atoms. The van der Waals surface area contributed by atoms with E-state index < -0.39 is 85.7 Å². The minimum Gasteiger partial charge on any atom is -0.547 e. The molecule has 2 radical (unpaired) electrons. The fraction of sp³-hybridized carbons (Fsp3) is 0.571. The van der Waals surface area contributed by atoms with Crippen molar-refractivity contribution in [1.29, 1.82) is 0 Å². The summed E-state index contributed by atoms with van der Waals surface area (Å²) in [5.41, 5.74) is -5.67. The van der Waals surface area contributed by atoms with Crippen LogP contribution in [0.4, 0.5) is 0 Å². The van der Waals surface area contributed by atoms with Crippen molar-refractivity contribution in [2.24, 2.45) is 0 Å². The molecule has 0 aliphatic carbocycles. The second kappa shape index (κ2) is 19.8. The van der Waals surface area contributed by atoms with Gasteiger partial charge in [0.2, 0.25) is 24.8 Å². The first-order valence-electron chi connectivity index (χ1n) is 7.66. The molecule has 2 aliphatic heterocycles. The maximum atomic E-state index is 11.1. The van der Waals surface area contributed by atoms with Crippen LogP contribution in [-0.2, 0) is 113 Å². The number of carboxylic acids is 2. The van der Waals surface area contributed by atoms with Crippen LogP contribution in [0.1, 0.15) is 12.8 Å². The van der Waals surface area contributed by atoms with Crippen LogP contribution >= 0.6 is 0 Å². The van der Waals surface area contributed by atoms with Crippen LogP contribution in [-0.4, -0.2) is 120 Å². The first kappa shape index (κ1) is 47.9. The SMILES string of the molecule is O.O.O.O.O=C1CC(O)(C(O)C(=O)O)C(=O)OCO1.O=C1CC(O)(C(O)C(=O)[O-])C(=O)OCO1.[Y].[Y]. The number of aliphatic hydroxyl groups excluding tert-OH is 2. The summed E-state index contributed by atoms with van der Waals surface area (Å²) in [4.78, 5) is 64.5. The Morgan fingerprint density at radius 3 is 1.31 bits per heavy atom.